The molecule has 0 spiro atoms. The molecule has 0 rings (SSSR count). The Morgan fingerprint density at radius 2 is 2.07 bits per heavy atom. The summed E-state index contributed by atoms with van der Waals surface area (Å²) in [5.74, 6) is -0.772. The molecule has 14 heavy (non-hydrogen) atoms. The molecule has 0 aliphatic carbocycles. The van der Waals surface area contributed by atoms with Crippen LogP contribution in [0.1, 0.15) is 19.8 Å². The molecule has 0 atom stereocenters. The summed E-state index contributed by atoms with van der Waals surface area (Å²) in [6, 6.07) is 1.53. The van der Waals surface area contributed by atoms with Gasteiger partial charge in [0, 0.05) is 6.54 Å². The number of nitriles is 1. The summed E-state index contributed by atoms with van der Waals surface area (Å²) >= 11 is 0. The number of carbonyl (C=O) groups is 1. The van der Waals surface area contributed by atoms with Gasteiger partial charge < -0.3 is 4.90 Å². The second kappa shape index (κ2) is 5.47. The zero-order chi connectivity index (χ0) is 11.2. The normalized spacial score (nSPS) is 10.8. The van der Waals surface area contributed by atoms with E-state index >= 15 is 0 Å². The van der Waals surface area contributed by atoms with E-state index < -0.39 is 25.0 Å². The smallest absolute Gasteiger partial charge is 0.333 e. The van der Waals surface area contributed by atoms with E-state index in [1.165, 1.54) is 6.07 Å². The molecule has 1 amide bonds. The van der Waals surface area contributed by atoms with Crippen LogP contribution >= 0.6 is 0 Å². The largest absolute Gasteiger partial charge is 0.406 e. The maximum absolute atomic E-state index is 12.0. The highest BCUT2D eigenvalue weighted by Gasteiger charge is 2.32. The standard InChI is InChI=1S/C8H11F3N2O/c1-2-5-13(6-8(9,10)11)7(14)3-4-12/h2-3,5-6H2,1H3. The third-order valence-corrected chi connectivity index (χ3v) is 1.45. The fraction of sp³-hybridized carbons (Fsp3) is 0.750. The Labute approximate surface area is 80.1 Å². The van der Waals surface area contributed by atoms with Crippen molar-refractivity contribution in [2.75, 3.05) is 13.1 Å². The van der Waals surface area contributed by atoms with Crippen LogP contribution in [0.5, 0.6) is 0 Å². The average molecular weight is 208 g/mol. The summed E-state index contributed by atoms with van der Waals surface area (Å²) in [7, 11) is 0. The molecule has 0 bridgehead atoms. The highest BCUT2D eigenvalue weighted by Crippen LogP contribution is 2.17. The minimum absolute atomic E-state index is 0.0278. The van der Waals surface area contributed by atoms with Gasteiger partial charge in [0.1, 0.15) is 13.0 Å². The van der Waals surface area contributed by atoms with E-state index in [1.807, 2.05) is 0 Å². The molecule has 0 saturated carbocycles. The topological polar surface area (TPSA) is 44.1 Å². The number of hydrogen-bond donors (Lipinski definition) is 0. The summed E-state index contributed by atoms with van der Waals surface area (Å²) < 4.78 is 35.9. The monoisotopic (exact) mass is 208 g/mol. The number of carbonyl (C=O) groups excluding carboxylic acids is 1. The van der Waals surface area contributed by atoms with E-state index in [-0.39, 0.29) is 6.54 Å². The number of alkyl halides is 3. The summed E-state index contributed by atoms with van der Waals surface area (Å²) in [4.78, 5) is 11.7. The van der Waals surface area contributed by atoms with Gasteiger partial charge in [-0.3, -0.25) is 4.79 Å². The molecule has 6 heteroatoms. The molecule has 0 fully saturated rings. The predicted molar refractivity (Wildman–Crippen MR) is 43.2 cm³/mol. The lowest BCUT2D eigenvalue weighted by molar-refractivity contribution is -0.160. The Balaban J connectivity index is 4.30. The van der Waals surface area contributed by atoms with Crippen molar-refractivity contribution in [2.24, 2.45) is 0 Å². The van der Waals surface area contributed by atoms with Crippen LogP contribution in [-0.2, 0) is 4.79 Å². The number of halogens is 3. The van der Waals surface area contributed by atoms with E-state index in [1.54, 1.807) is 6.92 Å². The highest BCUT2D eigenvalue weighted by molar-refractivity contribution is 5.78. The molecule has 80 valence electrons. The maximum atomic E-state index is 12.0. The van der Waals surface area contributed by atoms with Crippen LogP contribution in [0.25, 0.3) is 0 Å². The first-order valence-corrected chi connectivity index (χ1v) is 4.12. The van der Waals surface area contributed by atoms with E-state index in [4.69, 9.17) is 5.26 Å². The predicted octanol–water partition coefficient (Wildman–Crippen LogP) is 1.70. The Hall–Kier alpha value is -1.25. The molecule has 0 aromatic rings. The lowest BCUT2D eigenvalue weighted by Crippen LogP contribution is -2.39. The van der Waals surface area contributed by atoms with E-state index in [2.05, 4.69) is 0 Å². The van der Waals surface area contributed by atoms with Crippen LogP contribution in [0.15, 0.2) is 0 Å². The van der Waals surface area contributed by atoms with Crippen molar-refractivity contribution >= 4 is 5.91 Å². The van der Waals surface area contributed by atoms with Crippen LogP contribution in [0.2, 0.25) is 0 Å². The molecule has 0 heterocycles. The Kier molecular flexibility index (Phi) is 4.99. The van der Waals surface area contributed by atoms with Crippen LogP contribution in [0, 0.1) is 11.3 Å². The molecule has 0 aromatic heterocycles. The van der Waals surface area contributed by atoms with Gasteiger partial charge in [-0.25, -0.2) is 0 Å². The fourth-order valence-electron chi connectivity index (χ4n) is 0.958. The molecule has 0 aliphatic heterocycles. The minimum atomic E-state index is -4.40. The Bertz CT molecular complexity index is 232. The van der Waals surface area contributed by atoms with Crippen molar-refractivity contribution in [1.29, 1.82) is 5.26 Å². The SMILES string of the molecule is CCCN(CC(F)(F)F)C(=O)CC#N. The third kappa shape index (κ3) is 5.41. The molecule has 0 saturated heterocycles. The second-order valence-electron chi connectivity index (χ2n) is 2.77. The fourth-order valence-corrected chi connectivity index (χ4v) is 0.958. The van der Waals surface area contributed by atoms with Gasteiger partial charge in [-0.1, -0.05) is 6.92 Å². The van der Waals surface area contributed by atoms with Gasteiger partial charge in [-0.05, 0) is 6.42 Å². The van der Waals surface area contributed by atoms with Gasteiger partial charge in [-0.2, -0.15) is 18.4 Å². The lowest BCUT2D eigenvalue weighted by Gasteiger charge is -2.22. The van der Waals surface area contributed by atoms with E-state index in [9.17, 15) is 18.0 Å². The number of hydrogen-bond acceptors (Lipinski definition) is 2. The first-order chi connectivity index (χ1) is 6.40. The molecule has 0 aromatic carbocycles. The van der Waals surface area contributed by atoms with Crippen molar-refractivity contribution in [1.82, 2.24) is 4.90 Å². The zero-order valence-electron chi connectivity index (χ0n) is 7.76. The van der Waals surface area contributed by atoms with Gasteiger partial charge in [-0.15, -0.1) is 0 Å². The first kappa shape index (κ1) is 12.8. The maximum Gasteiger partial charge on any atom is 0.406 e. The quantitative estimate of drug-likeness (QED) is 0.705. The van der Waals surface area contributed by atoms with Crippen LogP contribution in [0.4, 0.5) is 13.2 Å². The van der Waals surface area contributed by atoms with Crippen molar-refractivity contribution < 1.29 is 18.0 Å². The summed E-state index contributed by atoms with van der Waals surface area (Å²) in [6.45, 7) is 0.421. The molecular weight excluding hydrogens is 197 g/mol. The van der Waals surface area contributed by atoms with Gasteiger partial charge >= 0.3 is 6.18 Å². The second-order valence-corrected chi connectivity index (χ2v) is 2.77. The number of amides is 1. The lowest BCUT2D eigenvalue weighted by atomic mass is 10.3. The summed E-state index contributed by atoms with van der Waals surface area (Å²) in [5.41, 5.74) is 0. The van der Waals surface area contributed by atoms with Crippen LogP contribution < -0.4 is 0 Å². The van der Waals surface area contributed by atoms with Crippen LogP contribution in [-0.4, -0.2) is 30.1 Å². The molecular formula is C8H11F3N2O. The summed E-state index contributed by atoms with van der Waals surface area (Å²) in [6.07, 6.45) is -4.47. The van der Waals surface area contributed by atoms with Crippen molar-refractivity contribution in [2.45, 2.75) is 25.9 Å². The first-order valence-electron chi connectivity index (χ1n) is 4.12. The van der Waals surface area contributed by atoms with Crippen molar-refractivity contribution in [3.8, 4) is 6.07 Å². The van der Waals surface area contributed by atoms with Crippen LogP contribution in [0.3, 0.4) is 0 Å². The molecule has 0 radical (unpaired) electrons. The molecule has 0 aliphatic rings. The Morgan fingerprint density at radius 1 is 1.50 bits per heavy atom. The highest BCUT2D eigenvalue weighted by atomic mass is 19.4. The molecule has 0 N–H and O–H groups in total. The average Bonchev–Trinajstić information content (AvgIpc) is 2.01. The third-order valence-electron chi connectivity index (χ3n) is 1.45. The Morgan fingerprint density at radius 3 is 2.43 bits per heavy atom. The minimum Gasteiger partial charge on any atom is -0.333 e. The van der Waals surface area contributed by atoms with E-state index in [0.29, 0.717) is 11.3 Å². The molecule has 0 unspecified atom stereocenters. The van der Waals surface area contributed by atoms with Crippen molar-refractivity contribution in [3.63, 3.8) is 0 Å². The molecule has 3 nitrogen and oxygen atoms in total. The number of rotatable bonds is 4. The van der Waals surface area contributed by atoms with Gasteiger partial charge in [0.15, 0.2) is 0 Å². The van der Waals surface area contributed by atoms with E-state index in [0.717, 1.165) is 0 Å². The van der Waals surface area contributed by atoms with Crippen molar-refractivity contribution in [3.05, 3.63) is 0 Å². The van der Waals surface area contributed by atoms with Gasteiger partial charge in [0.05, 0.1) is 6.07 Å². The van der Waals surface area contributed by atoms with Gasteiger partial charge in [0.2, 0.25) is 5.91 Å². The number of nitrogens with zero attached hydrogens (tertiary/aromatic N) is 2. The zero-order valence-corrected chi connectivity index (χ0v) is 7.76. The summed E-state index contributed by atoms with van der Waals surface area (Å²) in [5, 5.41) is 8.17. The van der Waals surface area contributed by atoms with Gasteiger partial charge in [0.25, 0.3) is 0 Å².